The van der Waals surface area contributed by atoms with E-state index in [0.717, 1.165) is 31.5 Å². The molecule has 1 aliphatic heterocycles. The molecule has 1 heterocycles. The molecule has 0 bridgehead atoms. The van der Waals surface area contributed by atoms with Gasteiger partial charge in [-0.15, -0.1) is 0 Å². The summed E-state index contributed by atoms with van der Waals surface area (Å²) in [6.07, 6.45) is 2.28. The summed E-state index contributed by atoms with van der Waals surface area (Å²) in [7, 11) is 0. The van der Waals surface area contributed by atoms with Crippen molar-refractivity contribution in [1.29, 1.82) is 0 Å². The van der Waals surface area contributed by atoms with E-state index in [9.17, 15) is 4.79 Å². The minimum atomic E-state index is -0.326. The molecule has 86 valence electrons. The number of hydrogen-bond donors (Lipinski definition) is 2. The number of carbonyl (C=O) groups excluding carboxylic acids is 1. The Bertz CT molecular complexity index is 395. The van der Waals surface area contributed by atoms with Crippen molar-refractivity contribution in [3.8, 4) is 0 Å². The third kappa shape index (κ3) is 2.25. The van der Waals surface area contributed by atoms with Crippen LogP contribution in [-0.4, -0.2) is 19.0 Å². The summed E-state index contributed by atoms with van der Waals surface area (Å²) in [5, 5.41) is 3.34. The smallest absolute Gasteiger partial charge is 0.248 e. The number of piperidine rings is 1. The van der Waals surface area contributed by atoms with Gasteiger partial charge in [-0.1, -0.05) is 12.1 Å². The van der Waals surface area contributed by atoms with E-state index in [1.54, 1.807) is 0 Å². The van der Waals surface area contributed by atoms with Gasteiger partial charge in [-0.05, 0) is 56.0 Å². The molecule has 1 aromatic rings. The first kappa shape index (κ1) is 11.1. The highest BCUT2D eigenvalue weighted by molar-refractivity contribution is 5.94. The first-order chi connectivity index (χ1) is 7.68. The SMILES string of the molecule is Cc1ccc(C2CCNCC2)cc1C(N)=O. The van der Waals surface area contributed by atoms with Crippen LogP contribution in [0, 0.1) is 6.92 Å². The third-order valence-electron chi connectivity index (χ3n) is 3.34. The number of aryl methyl sites for hydroxylation is 1. The fourth-order valence-electron chi connectivity index (χ4n) is 2.31. The Morgan fingerprint density at radius 1 is 1.38 bits per heavy atom. The lowest BCUT2D eigenvalue weighted by molar-refractivity contribution is 0.0999. The van der Waals surface area contributed by atoms with Gasteiger partial charge in [0.25, 0.3) is 0 Å². The van der Waals surface area contributed by atoms with Crippen molar-refractivity contribution in [2.45, 2.75) is 25.7 Å². The van der Waals surface area contributed by atoms with Gasteiger partial charge in [-0.3, -0.25) is 4.79 Å². The summed E-state index contributed by atoms with van der Waals surface area (Å²) in [6.45, 7) is 4.04. The van der Waals surface area contributed by atoms with Gasteiger partial charge >= 0.3 is 0 Å². The molecular weight excluding hydrogens is 200 g/mol. The highest BCUT2D eigenvalue weighted by Crippen LogP contribution is 2.26. The number of hydrogen-bond acceptors (Lipinski definition) is 2. The first-order valence-electron chi connectivity index (χ1n) is 5.79. The molecule has 1 saturated heterocycles. The van der Waals surface area contributed by atoms with Crippen LogP contribution in [0.3, 0.4) is 0 Å². The molecule has 1 aliphatic rings. The molecule has 0 saturated carbocycles. The molecule has 0 radical (unpaired) electrons. The molecule has 0 unspecified atom stereocenters. The van der Waals surface area contributed by atoms with Crippen LogP contribution in [0.1, 0.15) is 40.2 Å². The second kappa shape index (κ2) is 4.66. The van der Waals surface area contributed by atoms with Crippen molar-refractivity contribution in [2.75, 3.05) is 13.1 Å². The van der Waals surface area contributed by atoms with Crippen LogP contribution in [0.4, 0.5) is 0 Å². The topological polar surface area (TPSA) is 55.1 Å². The van der Waals surface area contributed by atoms with E-state index < -0.39 is 0 Å². The van der Waals surface area contributed by atoms with Gasteiger partial charge in [-0.25, -0.2) is 0 Å². The number of carbonyl (C=O) groups is 1. The Morgan fingerprint density at radius 2 is 2.06 bits per heavy atom. The third-order valence-corrected chi connectivity index (χ3v) is 3.34. The van der Waals surface area contributed by atoms with Gasteiger partial charge in [-0.2, -0.15) is 0 Å². The maximum atomic E-state index is 11.3. The van der Waals surface area contributed by atoms with Gasteiger partial charge in [0.15, 0.2) is 0 Å². The lowest BCUT2D eigenvalue weighted by atomic mass is 9.88. The summed E-state index contributed by atoms with van der Waals surface area (Å²) in [4.78, 5) is 11.3. The van der Waals surface area contributed by atoms with Crippen molar-refractivity contribution in [3.63, 3.8) is 0 Å². The average Bonchev–Trinajstić information content (AvgIpc) is 2.30. The second-order valence-electron chi connectivity index (χ2n) is 4.46. The predicted molar refractivity (Wildman–Crippen MR) is 64.5 cm³/mol. The van der Waals surface area contributed by atoms with E-state index in [-0.39, 0.29) is 5.91 Å². The predicted octanol–water partition coefficient (Wildman–Crippen LogP) is 1.56. The Kier molecular flexibility index (Phi) is 3.25. The number of nitrogens with one attached hydrogen (secondary N) is 1. The van der Waals surface area contributed by atoms with E-state index in [1.807, 2.05) is 19.1 Å². The van der Waals surface area contributed by atoms with Gasteiger partial charge < -0.3 is 11.1 Å². The second-order valence-corrected chi connectivity index (χ2v) is 4.46. The Hall–Kier alpha value is -1.35. The van der Waals surface area contributed by atoms with Gasteiger partial charge in [0.2, 0.25) is 5.91 Å². The van der Waals surface area contributed by atoms with E-state index in [0.29, 0.717) is 11.5 Å². The van der Waals surface area contributed by atoms with Crippen molar-refractivity contribution in [2.24, 2.45) is 5.73 Å². The lowest BCUT2D eigenvalue weighted by Gasteiger charge is -2.23. The summed E-state index contributed by atoms with van der Waals surface area (Å²) >= 11 is 0. The van der Waals surface area contributed by atoms with E-state index in [4.69, 9.17) is 5.73 Å². The largest absolute Gasteiger partial charge is 0.366 e. The normalized spacial score (nSPS) is 17.3. The zero-order valence-corrected chi connectivity index (χ0v) is 9.62. The van der Waals surface area contributed by atoms with Crippen LogP contribution in [0.2, 0.25) is 0 Å². The van der Waals surface area contributed by atoms with Crippen molar-refractivity contribution in [3.05, 3.63) is 34.9 Å². The quantitative estimate of drug-likeness (QED) is 0.791. The van der Waals surface area contributed by atoms with Crippen molar-refractivity contribution < 1.29 is 4.79 Å². The van der Waals surface area contributed by atoms with Crippen LogP contribution in [0.25, 0.3) is 0 Å². The minimum absolute atomic E-state index is 0.326. The molecule has 2 rings (SSSR count). The van der Waals surface area contributed by atoms with Gasteiger partial charge in [0.05, 0.1) is 0 Å². The molecule has 0 spiro atoms. The highest BCUT2D eigenvalue weighted by Gasteiger charge is 2.16. The number of rotatable bonds is 2. The molecule has 1 amide bonds. The molecule has 0 aromatic heterocycles. The number of benzene rings is 1. The molecular formula is C13H18N2O. The highest BCUT2D eigenvalue weighted by atomic mass is 16.1. The maximum Gasteiger partial charge on any atom is 0.248 e. The van der Waals surface area contributed by atoms with Crippen LogP contribution in [0.5, 0.6) is 0 Å². The lowest BCUT2D eigenvalue weighted by Crippen LogP contribution is -2.26. The standard InChI is InChI=1S/C13H18N2O/c1-9-2-3-11(8-12(9)13(14)16)10-4-6-15-7-5-10/h2-3,8,10,15H,4-7H2,1H3,(H2,14,16). The van der Waals surface area contributed by atoms with Crippen molar-refractivity contribution in [1.82, 2.24) is 5.32 Å². The van der Waals surface area contributed by atoms with E-state index in [1.165, 1.54) is 5.56 Å². The Labute approximate surface area is 96.0 Å². The molecule has 1 fully saturated rings. The molecule has 3 nitrogen and oxygen atoms in total. The zero-order chi connectivity index (χ0) is 11.5. The van der Waals surface area contributed by atoms with E-state index >= 15 is 0 Å². The van der Waals surface area contributed by atoms with Crippen LogP contribution in [0.15, 0.2) is 18.2 Å². The van der Waals surface area contributed by atoms with Crippen LogP contribution in [-0.2, 0) is 0 Å². The van der Waals surface area contributed by atoms with E-state index in [2.05, 4.69) is 11.4 Å². The molecule has 1 aromatic carbocycles. The Balaban J connectivity index is 2.27. The number of primary amides is 1. The Morgan fingerprint density at radius 3 is 2.69 bits per heavy atom. The molecule has 16 heavy (non-hydrogen) atoms. The fourth-order valence-corrected chi connectivity index (χ4v) is 2.31. The minimum Gasteiger partial charge on any atom is -0.366 e. The summed E-state index contributed by atoms with van der Waals surface area (Å²) in [5.74, 6) is 0.244. The monoisotopic (exact) mass is 218 g/mol. The van der Waals surface area contributed by atoms with Gasteiger partial charge in [0.1, 0.15) is 0 Å². The van der Waals surface area contributed by atoms with Crippen LogP contribution >= 0.6 is 0 Å². The molecule has 0 aliphatic carbocycles. The average molecular weight is 218 g/mol. The van der Waals surface area contributed by atoms with Crippen LogP contribution < -0.4 is 11.1 Å². The zero-order valence-electron chi connectivity index (χ0n) is 9.62. The number of amides is 1. The maximum absolute atomic E-state index is 11.3. The molecule has 0 atom stereocenters. The van der Waals surface area contributed by atoms with Crippen molar-refractivity contribution >= 4 is 5.91 Å². The number of nitrogens with two attached hydrogens (primary N) is 1. The summed E-state index contributed by atoms with van der Waals surface area (Å²) < 4.78 is 0. The van der Waals surface area contributed by atoms with Gasteiger partial charge in [0, 0.05) is 5.56 Å². The fraction of sp³-hybridized carbons (Fsp3) is 0.462. The summed E-state index contributed by atoms with van der Waals surface area (Å²) in [6, 6.07) is 6.09. The first-order valence-corrected chi connectivity index (χ1v) is 5.79. The molecule has 3 N–H and O–H groups in total. The molecule has 3 heteroatoms. The summed E-state index contributed by atoms with van der Waals surface area (Å²) in [5.41, 5.74) is 8.24.